The van der Waals surface area contributed by atoms with Crippen LogP contribution < -0.4 is 0 Å². The first-order valence-corrected chi connectivity index (χ1v) is 10.7. The second-order valence-electron chi connectivity index (χ2n) is 8.97. The second-order valence-corrected chi connectivity index (χ2v) is 10.8. The van der Waals surface area contributed by atoms with Crippen molar-refractivity contribution in [3.8, 4) is 0 Å². The molecule has 1 amide bonds. The van der Waals surface area contributed by atoms with Crippen molar-refractivity contribution in [2.24, 2.45) is 10.8 Å². The summed E-state index contributed by atoms with van der Waals surface area (Å²) >= 11 is 2.17. The Labute approximate surface area is 167 Å². The fraction of sp³-hybridized carbons (Fsp3) is 0.900. The Bertz CT molecular complexity index is 472. The highest BCUT2D eigenvalue weighted by molar-refractivity contribution is 14.1. The van der Waals surface area contributed by atoms with Crippen LogP contribution in [0.5, 0.6) is 0 Å². The molecule has 2 unspecified atom stereocenters. The molecule has 1 fully saturated rings. The molecule has 0 aromatic heterocycles. The van der Waals surface area contributed by atoms with Gasteiger partial charge in [-0.2, -0.15) is 0 Å². The molecule has 0 bridgehead atoms. The van der Waals surface area contributed by atoms with E-state index >= 15 is 0 Å². The number of likely N-dealkylation sites (tertiary alicyclic amines) is 1. The SMILES string of the molecule is CC(C)OCC1CCCN1C(=O)CC(C)(C)C(C)(C)CC(=O)C(C)I. The lowest BCUT2D eigenvalue weighted by Gasteiger charge is -2.42. The minimum Gasteiger partial charge on any atom is -0.377 e. The normalized spacial score (nSPS) is 20.2. The smallest absolute Gasteiger partial charge is 0.223 e. The van der Waals surface area contributed by atoms with E-state index in [-0.39, 0.29) is 38.6 Å². The van der Waals surface area contributed by atoms with Crippen LogP contribution in [0.4, 0.5) is 0 Å². The number of halogens is 1. The summed E-state index contributed by atoms with van der Waals surface area (Å²) < 4.78 is 5.76. The zero-order chi connectivity index (χ0) is 19.4. The monoisotopic (exact) mass is 465 g/mol. The van der Waals surface area contributed by atoms with Crippen LogP contribution in [0.3, 0.4) is 0 Å². The molecule has 1 saturated heterocycles. The third-order valence-corrected chi connectivity index (χ3v) is 6.50. The summed E-state index contributed by atoms with van der Waals surface area (Å²) in [6, 6.07) is 0.199. The third kappa shape index (κ3) is 6.49. The maximum atomic E-state index is 13.0. The molecule has 146 valence electrons. The number of amides is 1. The van der Waals surface area contributed by atoms with E-state index in [4.69, 9.17) is 4.74 Å². The first-order valence-electron chi connectivity index (χ1n) is 9.45. The number of alkyl halides is 1. The van der Waals surface area contributed by atoms with Gasteiger partial charge in [-0.3, -0.25) is 9.59 Å². The van der Waals surface area contributed by atoms with Gasteiger partial charge in [0.05, 0.1) is 22.7 Å². The molecule has 1 rings (SSSR count). The summed E-state index contributed by atoms with van der Waals surface area (Å²) in [4.78, 5) is 27.2. The molecule has 25 heavy (non-hydrogen) atoms. The van der Waals surface area contributed by atoms with Gasteiger partial charge >= 0.3 is 0 Å². The van der Waals surface area contributed by atoms with Crippen LogP contribution in [-0.2, 0) is 14.3 Å². The van der Waals surface area contributed by atoms with E-state index in [0.29, 0.717) is 19.4 Å². The van der Waals surface area contributed by atoms with Gasteiger partial charge < -0.3 is 9.64 Å². The molecular formula is C20H36INO3. The summed E-state index contributed by atoms with van der Waals surface area (Å²) in [6.45, 7) is 15.9. The van der Waals surface area contributed by atoms with Crippen molar-refractivity contribution in [3.63, 3.8) is 0 Å². The summed E-state index contributed by atoms with van der Waals surface area (Å²) in [5.41, 5.74) is -0.458. The fourth-order valence-corrected chi connectivity index (χ4v) is 3.40. The quantitative estimate of drug-likeness (QED) is 0.369. The maximum Gasteiger partial charge on any atom is 0.223 e. The molecule has 0 spiro atoms. The molecule has 1 aliphatic heterocycles. The highest BCUT2D eigenvalue weighted by Gasteiger charge is 2.42. The predicted molar refractivity (Wildman–Crippen MR) is 111 cm³/mol. The van der Waals surface area contributed by atoms with Crippen molar-refractivity contribution in [2.75, 3.05) is 13.2 Å². The van der Waals surface area contributed by atoms with Gasteiger partial charge in [-0.1, -0.05) is 50.3 Å². The van der Waals surface area contributed by atoms with Crippen molar-refractivity contribution in [1.82, 2.24) is 4.90 Å². The summed E-state index contributed by atoms with van der Waals surface area (Å²) in [5, 5.41) is 0. The van der Waals surface area contributed by atoms with Gasteiger partial charge in [0.2, 0.25) is 5.91 Å². The molecule has 0 saturated carbocycles. The molecule has 0 radical (unpaired) electrons. The number of nitrogens with zero attached hydrogens (tertiary/aromatic N) is 1. The van der Waals surface area contributed by atoms with Crippen molar-refractivity contribution in [3.05, 3.63) is 0 Å². The number of rotatable bonds is 9. The molecule has 0 N–H and O–H groups in total. The lowest BCUT2D eigenvalue weighted by molar-refractivity contribution is -0.138. The van der Waals surface area contributed by atoms with E-state index in [1.807, 2.05) is 25.7 Å². The first-order chi connectivity index (χ1) is 11.4. The van der Waals surface area contributed by atoms with E-state index in [2.05, 4.69) is 50.3 Å². The van der Waals surface area contributed by atoms with Gasteiger partial charge in [0.1, 0.15) is 5.78 Å². The van der Waals surface area contributed by atoms with Crippen LogP contribution in [0.25, 0.3) is 0 Å². The largest absolute Gasteiger partial charge is 0.377 e. The standard InChI is InChI=1S/C20H36INO3/c1-14(2)25-13-16-9-8-10-22(16)18(24)12-20(6,7)19(4,5)11-17(23)15(3)21/h14-16H,8-13H2,1-7H3. The Hall–Kier alpha value is -0.170. The minimum absolute atomic E-state index is 0.0134. The molecule has 1 aliphatic rings. The maximum absolute atomic E-state index is 13.0. The Morgan fingerprint density at radius 1 is 1.12 bits per heavy atom. The van der Waals surface area contributed by atoms with Crippen LogP contribution in [0.1, 0.15) is 74.1 Å². The number of ketones is 1. The van der Waals surface area contributed by atoms with Gasteiger partial charge in [-0.15, -0.1) is 0 Å². The molecular weight excluding hydrogens is 429 g/mol. The Morgan fingerprint density at radius 2 is 1.68 bits per heavy atom. The number of carbonyl (C=O) groups is 2. The highest BCUT2D eigenvalue weighted by Crippen LogP contribution is 2.45. The van der Waals surface area contributed by atoms with E-state index < -0.39 is 0 Å². The Balaban J connectivity index is 2.73. The molecule has 0 aromatic carbocycles. The van der Waals surface area contributed by atoms with Gasteiger partial charge in [0.15, 0.2) is 0 Å². The van der Waals surface area contributed by atoms with E-state index in [9.17, 15) is 9.59 Å². The lowest BCUT2D eigenvalue weighted by Crippen LogP contribution is -2.44. The average Bonchev–Trinajstić information content (AvgIpc) is 2.92. The molecule has 1 heterocycles. The summed E-state index contributed by atoms with van der Waals surface area (Å²) in [7, 11) is 0. The number of Topliss-reactive ketones (excluding diaryl/α,β-unsaturated/α-hetero) is 1. The number of carbonyl (C=O) groups excluding carboxylic acids is 2. The first kappa shape index (κ1) is 22.9. The zero-order valence-corrected chi connectivity index (χ0v) is 19.2. The second kappa shape index (κ2) is 9.16. The molecule has 0 aromatic rings. The third-order valence-electron chi connectivity index (χ3n) is 5.80. The molecule has 2 atom stereocenters. The van der Waals surface area contributed by atoms with E-state index in [0.717, 1.165) is 19.4 Å². The van der Waals surface area contributed by atoms with Crippen molar-refractivity contribution in [1.29, 1.82) is 0 Å². The van der Waals surface area contributed by atoms with Crippen molar-refractivity contribution >= 4 is 34.3 Å². The topological polar surface area (TPSA) is 46.6 Å². The van der Waals surface area contributed by atoms with Gasteiger partial charge in [-0.25, -0.2) is 0 Å². The van der Waals surface area contributed by atoms with Gasteiger partial charge in [0.25, 0.3) is 0 Å². The van der Waals surface area contributed by atoms with Crippen LogP contribution in [0.2, 0.25) is 0 Å². The highest BCUT2D eigenvalue weighted by atomic mass is 127. The van der Waals surface area contributed by atoms with E-state index in [1.54, 1.807) is 0 Å². The van der Waals surface area contributed by atoms with Crippen LogP contribution >= 0.6 is 22.6 Å². The van der Waals surface area contributed by atoms with Crippen LogP contribution in [0, 0.1) is 10.8 Å². The summed E-state index contributed by atoms with van der Waals surface area (Å²) in [6.07, 6.45) is 3.24. The molecule has 5 heteroatoms. The minimum atomic E-state index is -0.239. The van der Waals surface area contributed by atoms with Gasteiger partial charge in [0, 0.05) is 19.4 Å². The van der Waals surface area contributed by atoms with Crippen molar-refractivity contribution in [2.45, 2.75) is 90.2 Å². The molecule has 0 aliphatic carbocycles. The fourth-order valence-electron chi connectivity index (χ4n) is 3.18. The summed E-state index contributed by atoms with van der Waals surface area (Å²) in [5.74, 6) is 0.457. The van der Waals surface area contributed by atoms with E-state index in [1.165, 1.54) is 0 Å². The Morgan fingerprint density at radius 3 is 2.20 bits per heavy atom. The van der Waals surface area contributed by atoms with Crippen molar-refractivity contribution < 1.29 is 14.3 Å². The predicted octanol–water partition coefficient (Wildman–Crippen LogP) is 4.63. The lowest BCUT2D eigenvalue weighted by atomic mass is 9.63. The van der Waals surface area contributed by atoms with Gasteiger partial charge in [-0.05, 0) is 44.4 Å². The Kier molecular flexibility index (Phi) is 8.38. The molecule has 4 nitrogen and oxygen atoms in total. The van der Waals surface area contributed by atoms with Crippen LogP contribution in [-0.4, -0.2) is 45.8 Å². The number of hydrogen-bond donors (Lipinski definition) is 0. The zero-order valence-electron chi connectivity index (χ0n) is 17.0. The van der Waals surface area contributed by atoms with Crippen LogP contribution in [0.15, 0.2) is 0 Å². The average molecular weight is 465 g/mol. The number of hydrogen-bond acceptors (Lipinski definition) is 3. The number of ether oxygens (including phenoxy) is 1.